The van der Waals surface area contributed by atoms with Gasteiger partial charge < -0.3 is 10.6 Å². The quantitative estimate of drug-likeness (QED) is 0.683. The van der Waals surface area contributed by atoms with Crippen molar-refractivity contribution in [2.24, 2.45) is 7.05 Å². The number of nitrogens with two attached hydrogens (primary N) is 1. The van der Waals surface area contributed by atoms with Gasteiger partial charge in [-0.25, -0.2) is 9.13 Å². The van der Waals surface area contributed by atoms with Crippen LogP contribution in [-0.2, 0) is 13.6 Å². The SMILES string of the molecule is Cc1cc(N2CCCC2Cn2cc[n+](C)c2)ccc1N. The third-order valence-corrected chi connectivity index (χ3v) is 4.21. The molecule has 0 radical (unpaired) electrons. The van der Waals surface area contributed by atoms with Gasteiger partial charge in [-0.05, 0) is 43.5 Å². The molecule has 1 aliphatic heterocycles. The summed E-state index contributed by atoms with van der Waals surface area (Å²) in [6.07, 6.45) is 8.90. The first-order chi connectivity index (χ1) is 9.63. The van der Waals surface area contributed by atoms with Gasteiger partial charge in [0.25, 0.3) is 0 Å². The Balaban J connectivity index is 1.79. The first-order valence-electron chi connectivity index (χ1n) is 7.27. The molecule has 0 aliphatic carbocycles. The Labute approximate surface area is 120 Å². The van der Waals surface area contributed by atoms with Gasteiger partial charge in [0, 0.05) is 17.9 Å². The van der Waals surface area contributed by atoms with Crippen LogP contribution in [-0.4, -0.2) is 17.2 Å². The van der Waals surface area contributed by atoms with Crippen LogP contribution in [0.1, 0.15) is 18.4 Å². The highest BCUT2D eigenvalue weighted by Gasteiger charge is 2.27. The molecule has 1 aromatic heterocycles. The number of imidazole rings is 1. The van der Waals surface area contributed by atoms with Crippen LogP contribution in [0, 0.1) is 6.92 Å². The minimum Gasteiger partial charge on any atom is -0.399 e. The third-order valence-electron chi connectivity index (χ3n) is 4.21. The first-order valence-corrected chi connectivity index (χ1v) is 7.27. The van der Waals surface area contributed by atoms with E-state index in [9.17, 15) is 0 Å². The maximum atomic E-state index is 5.92. The Morgan fingerprint density at radius 2 is 2.25 bits per heavy atom. The minimum atomic E-state index is 0.574. The molecule has 2 N–H and O–H groups in total. The molecule has 3 rings (SSSR count). The van der Waals surface area contributed by atoms with Crippen LogP contribution >= 0.6 is 0 Å². The van der Waals surface area contributed by atoms with Crippen molar-refractivity contribution >= 4 is 11.4 Å². The molecule has 1 fully saturated rings. The van der Waals surface area contributed by atoms with E-state index >= 15 is 0 Å². The highest BCUT2D eigenvalue weighted by molar-refractivity contribution is 5.58. The zero-order chi connectivity index (χ0) is 14.1. The number of nitrogens with zero attached hydrogens (tertiary/aromatic N) is 3. The van der Waals surface area contributed by atoms with Crippen molar-refractivity contribution in [2.45, 2.75) is 32.4 Å². The van der Waals surface area contributed by atoms with Gasteiger partial charge in [-0.2, -0.15) is 0 Å². The van der Waals surface area contributed by atoms with E-state index in [0.29, 0.717) is 6.04 Å². The van der Waals surface area contributed by atoms with Crippen molar-refractivity contribution in [1.29, 1.82) is 0 Å². The second-order valence-corrected chi connectivity index (χ2v) is 5.81. The lowest BCUT2D eigenvalue weighted by molar-refractivity contribution is -0.671. The molecule has 1 unspecified atom stereocenters. The Bertz CT molecular complexity index is 602. The van der Waals surface area contributed by atoms with Gasteiger partial charge in [-0.1, -0.05) is 0 Å². The summed E-state index contributed by atoms with van der Waals surface area (Å²) in [4.78, 5) is 2.52. The minimum absolute atomic E-state index is 0.574. The van der Waals surface area contributed by atoms with Gasteiger partial charge in [0.2, 0.25) is 6.33 Å². The molecule has 4 heteroatoms. The lowest BCUT2D eigenvalue weighted by Crippen LogP contribution is -2.33. The van der Waals surface area contributed by atoms with E-state index in [2.05, 4.69) is 58.9 Å². The Morgan fingerprint density at radius 3 is 2.95 bits per heavy atom. The van der Waals surface area contributed by atoms with Crippen molar-refractivity contribution < 1.29 is 4.57 Å². The molecular formula is C16H23N4+. The zero-order valence-corrected chi connectivity index (χ0v) is 12.3. The lowest BCUT2D eigenvalue weighted by Gasteiger charge is -2.26. The zero-order valence-electron chi connectivity index (χ0n) is 12.3. The Morgan fingerprint density at radius 1 is 1.40 bits per heavy atom. The first kappa shape index (κ1) is 13.0. The summed E-state index contributed by atoms with van der Waals surface area (Å²) in [5.74, 6) is 0. The van der Waals surface area contributed by atoms with Crippen LogP contribution in [0.25, 0.3) is 0 Å². The Kier molecular flexibility index (Phi) is 3.38. The number of hydrogen-bond acceptors (Lipinski definition) is 2. The topological polar surface area (TPSA) is 38.1 Å². The van der Waals surface area contributed by atoms with E-state index in [-0.39, 0.29) is 0 Å². The molecule has 20 heavy (non-hydrogen) atoms. The second kappa shape index (κ2) is 5.19. The highest BCUT2D eigenvalue weighted by atomic mass is 15.2. The van der Waals surface area contributed by atoms with Crippen molar-refractivity contribution in [3.63, 3.8) is 0 Å². The van der Waals surface area contributed by atoms with E-state index in [1.807, 2.05) is 6.07 Å². The molecule has 1 saturated heterocycles. The molecule has 106 valence electrons. The summed E-state index contributed by atoms with van der Waals surface area (Å²) < 4.78 is 4.36. The van der Waals surface area contributed by atoms with Gasteiger partial charge in [0.1, 0.15) is 18.9 Å². The summed E-state index contributed by atoms with van der Waals surface area (Å²) in [6.45, 7) is 4.27. The molecule has 0 bridgehead atoms. The van der Waals surface area contributed by atoms with Gasteiger partial charge in [-0.3, -0.25) is 0 Å². The fourth-order valence-electron chi connectivity index (χ4n) is 3.06. The molecule has 0 amide bonds. The number of aromatic nitrogens is 2. The van der Waals surface area contributed by atoms with Crippen LogP contribution < -0.4 is 15.2 Å². The number of hydrogen-bond donors (Lipinski definition) is 1. The molecule has 1 atom stereocenters. The van der Waals surface area contributed by atoms with Crippen molar-refractivity contribution in [2.75, 3.05) is 17.2 Å². The van der Waals surface area contributed by atoms with E-state index in [1.165, 1.54) is 24.1 Å². The maximum absolute atomic E-state index is 5.92. The average Bonchev–Trinajstić information content (AvgIpc) is 3.03. The molecule has 0 saturated carbocycles. The molecule has 2 heterocycles. The van der Waals surface area contributed by atoms with Gasteiger partial charge in [0.05, 0.1) is 13.1 Å². The fourth-order valence-corrected chi connectivity index (χ4v) is 3.06. The van der Waals surface area contributed by atoms with Crippen LogP contribution in [0.4, 0.5) is 11.4 Å². The van der Waals surface area contributed by atoms with Crippen LogP contribution in [0.3, 0.4) is 0 Å². The monoisotopic (exact) mass is 271 g/mol. The fraction of sp³-hybridized carbons (Fsp3) is 0.438. The molecule has 2 aromatic rings. The van der Waals surface area contributed by atoms with Gasteiger partial charge in [-0.15, -0.1) is 0 Å². The average molecular weight is 271 g/mol. The number of benzene rings is 1. The molecule has 0 spiro atoms. The van der Waals surface area contributed by atoms with Crippen molar-refractivity contribution in [3.8, 4) is 0 Å². The second-order valence-electron chi connectivity index (χ2n) is 5.81. The molecule has 1 aliphatic rings. The largest absolute Gasteiger partial charge is 0.399 e. The number of aryl methyl sites for hydroxylation is 2. The van der Waals surface area contributed by atoms with E-state index in [4.69, 9.17) is 5.73 Å². The van der Waals surface area contributed by atoms with E-state index in [1.54, 1.807) is 0 Å². The summed E-state index contributed by atoms with van der Waals surface area (Å²) in [6, 6.07) is 6.96. The van der Waals surface area contributed by atoms with Crippen LogP contribution in [0.5, 0.6) is 0 Å². The van der Waals surface area contributed by atoms with Gasteiger partial charge in [0.15, 0.2) is 0 Å². The number of anilines is 2. The molecular weight excluding hydrogens is 248 g/mol. The predicted molar refractivity (Wildman–Crippen MR) is 81.6 cm³/mol. The highest BCUT2D eigenvalue weighted by Crippen LogP contribution is 2.28. The van der Waals surface area contributed by atoms with Crippen LogP contribution in [0.2, 0.25) is 0 Å². The maximum Gasteiger partial charge on any atom is 0.243 e. The molecule has 1 aromatic carbocycles. The predicted octanol–water partition coefficient (Wildman–Crippen LogP) is 1.87. The van der Waals surface area contributed by atoms with Crippen LogP contribution in [0.15, 0.2) is 36.9 Å². The van der Waals surface area contributed by atoms with Crippen molar-refractivity contribution in [1.82, 2.24) is 4.57 Å². The number of nitrogen functional groups attached to an aromatic ring is 1. The smallest absolute Gasteiger partial charge is 0.243 e. The summed E-state index contributed by atoms with van der Waals surface area (Å²) in [7, 11) is 2.06. The summed E-state index contributed by atoms with van der Waals surface area (Å²) >= 11 is 0. The normalized spacial score (nSPS) is 18.7. The Hall–Kier alpha value is -1.97. The number of rotatable bonds is 3. The summed E-state index contributed by atoms with van der Waals surface area (Å²) in [5, 5.41) is 0. The molecule has 4 nitrogen and oxygen atoms in total. The standard InChI is InChI=1S/C16H23N4/c1-13-10-14(5-6-16(13)17)20-7-3-4-15(20)11-19-9-8-18(2)12-19/h5-6,8-10,12,15H,3-4,7,11,17H2,1-2H3/q+1. The lowest BCUT2D eigenvalue weighted by atomic mass is 10.1. The van der Waals surface area contributed by atoms with E-state index < -0.39 is 0 Å². The summed E-state index contributed by atoms with van der Waals surface area (Å²) in [5.41, 5.74) is 9.27. The van der Waals surface area contributed by atoms with Gasteiger partial charge >= 0.3 is 0 Å². The van der Waals surface area contributed by atoms with E-state index in [0.717, 1.165) is 18.8 Å². The third kappa shape index (κ3) is 2.50. The van der Waals surface area contributed by atoms with Crippen molar-refractivity contribution in [3.05, 3.63) is 42.5 Å².